The van der Waals surface area contributed by atoms with E-state index in [1.54, 1.807) is 24.8 Å². The molecule has 0 aromatic heterocycles. The second-order valence-corrected chi connectivity index (χ2v) is 9.19. The van der Waals surface area contributed by atoms with Gasteiger partial charge in [-0.15, -0.1) is 0 Å². The van der Waals surface area contributed by atoms with Crippen molar-refractivity contribution in [3.63, 3.8) is 0 Å². The van der Waals surface area contributed by atoms with Gasteiger partial charge < -0.3 is 9.64 Å². The lowest BCUT2D eigenvalue weighted by Gasteiger charge is -2.37. The average Bonchev–Trinajstić information content (AvgIpc) is 2.78. The van der Waals surface area contributed by atoms with Gasteiger partial charge in [-0.2, -0.15) is 0 Å². The maximum Gasteiger partial charge on any atom is 0.270 e. The lowest BCUT2D eigenvalue weighted by Crippen LogP contribution is -2.57. The molecular weight excluding hydrogens is 374 g/mol. The summed E-state index contributed by atoms with van der Waals surface area (Å²) >= 11 is 0. The molecule has 1 aromatic rings. The molecule has 4 rings (SSSR count). The Morgan fingerprint density at radius 3 is 2.38 bits per heavy atom. The van der Waals surface area contributed by atoms with E-state index in [4.69, 9.17) is 4.74 Å². The Morgan fingerprint density at radius 2 is 1.76 bits per heavy atom. The fraction of sp³-hybridized carbons (Fsp3) is 0.619. The highest BCUT2D eigenvalue weighted by molar-refractivity contribution is 6.12. The Bertz CT molecular complexity index is 888. The third-order valence-electron chi connectivity index (χ3n) is 6.32. The van der Waals surface area contributed by atoms with Crippen LogP contribution in [0, 0.1) is 10.1 Å². The first-order valence-electron chi connectivity index (χ1n) is 10.2. The molecule has 2 heterocycles. The summed E-state index contributed by atoms with van der Waals surface area (Å²) in [5.74, 6) is -0.579. The quantitative estimate of drug-likeness (QED) is 0.557. The van der Waals surface area contributed by atoms with Crippen molar-refractivity contribution in [1.29, 1.82) is 0 Å². The lowest BCUT2D eigenvalue weighted by atomic mass is 9.91. The molecular formula is C21H27N3O5. The molecule has 2 amide bonds. The summed E-state index contributed by atoms with van der Waals surface area (Å²) in [5, 5.41) is 11.4. The highest BCUT2D eigenvalue weighted by Crippen LogP contribution is 2.46. The van der Waals surface area contributed by atoms with Crippen LogP contribution in [-0.4, -0.2) is 45.0 Å². The smallest absolute Gasteiger partial charge is 0.270 e. The summed E-state index contributed by atoms with van der Waals surface area (Å²) in [6.07, 6.45) is 4.87. The number of benzene rings is 1. The zero-order valence-corrected chi connectivity index (χ0v) is 17.3. The van der Waals surface area contributed by atoms with Crippen LogP contribution in [0.3, 0.4) is 0 Å². The summed E-state index contributed by atoms with van der Waals surface area (Å²) in [4.78, 5) is 41.5. The zero-order chi connectivity index (χ0) is 21.1. The van der Waals surface area contributed by atoms with Crippen molar-refractivity contribution in [2.45, 2.75) is 83.2 Å². The Labute approximate surface area is 169 Å². The number of nitrogens with zero attached hydrogens (tertiary/aromatic N) is 3. The number of carbonyl (C=O) groups excluding carboxylic acids is 2. The van der Waals surface area contributed by atoms with Gasteiger partial charge in [0.05, 0.1) is 21.8 Å². The molecule has 2 fully saturated rings. The van der Waals surface area contributed by atoms with E-state index in [9.17, 15) is 19.7 Å². The SMILES string of the molecule is CC1(C)OC(C)(C)N2C(=O)c3cc([N+](=O)[O-])ccc3N(C3CCCCC3)C(=O)C21. The highest BCUT2D eigenvalue weighted by Gasteiger charge is 2.60. The van der Waals surface area contributed by atoms with E-state index in [0.717, 1.165) is 32.1 Å². The van der Waals surface area contributed by atoms with Crippen LogP contribution in [0.4, 0.5) is 11.4 Å². The largest absolute Gasteiger partial charge is 0.348 e. The van der Waals surface area contributed by atoms with Crippen molar-refractivity contribution in [3.05, 3.63) is 33.9 Å². The molecule has 1 aliphatic carbocycles. The van der Waals surface area contributed by atoms with E-state index in [0.29, 0.717) is 5.69 Å². The number of hydrogen-bond donors (Lipinski definition) is 0. The van der Waals surface area contributed by atoms with E-state index in [1.165, 1.54) is 17.0 Å². The van der Waals surface area contributed by atoms with Crippen molar-refractivity contribution >= 4 is 23.2 Å². The number of ether oxygens (including phenoxy) is 1. The molecule has 1 saturated carbocycles. The van der Waals surface area contributed by atoms with Crippen LogP contribution in [0.1, 0.15) is 70.2 Å². The van der Waals surface area contributed by atoms with Gasteiger partial charge in [0, 0.05) is 18.2 Å². The predicted octanol–water partition coefficient (Wildman–Crippen LogP) is 3.63. The zero-order valence-electron chi connectivity index (χ0n) is 17.3. The molecule has 1 unspecified atom stereocenters. The molecule has 0 radical (unpaired) electrons. The minimum absolute atomic E-state index is 0.0243. The number of amides is 2. The lowest BCUT2D eigenvalue weighted by molar-refractivity contribution is -0.384. The van der Waals surface area contributed by atoms with E-state index in [1.807, 2.05) is 13.8 Å². The van der Waals surface area contributed by atoms with Gasteiger partial charge in [-0.05, 0) is 46.6 Å². The monoisotopic (exact) mass is 401 g/mol. The molecule has 156 valence electrons. The standard InChI is InChI=1S/C21H27N3O5/c1-20(2)17-19(26)22(13-8-6-5-7-9-13)16-11-10-14(24(27)28)12-15(16)18(25)23(17)21(3,4)29-20/h10-13,17H,5-9H2,1-4H3. The molecule has 0 bridgehead atoms. The van der Waals surface area contributed by atoms with E-state index in [2.05, 4.69) is 0 Å². The normalized spacial score (nSPS) is 26.1. The molecule has 8 nitrogen and oxygen atoms in total. The molecule has 1 atom stereocenters. The van der Waals surface area contributed by atoms with E-state index < -0.39 is 28.2 Å². The molecule has 2 aliphatic heterocycles. The molecule has 3 aliphatic rings. The van der Waals surface area contributed by atoms with Gasteiger partial charge in [-0.3, -0.25) is 24.6 Å². The number of nitro groups is 1. The molecule has 8 heteroatoms. The van der Waals surface area contributed by atoms with Crippen LogP contribution in [0.5, 0.6) is 0 Å². The van der Waals surface area contributed by atoms with Crippen molar-refractivity contribution in [3.8, 4) is 0 Å². The second-order valence-electron chi connectivity index (χ2n) is 9.19. The Kier molecular flexibility index (Phi) is 4.45. The van der Waals surface area contributed by atoms with Gasteiger partial charge in [0.25, 0.3) is 17.5 Å². The van der Waals surface area contributed by atoms with Gasteiger partial charge in [0.1, 0.15) is 11.8 Å². The predicted molar refractivity (Wildman–Crippen MR) is 107 cm³/mol. The summed E-state index contributed by atoms with van der Waals surface area (Å²) in [7, 11) is 0. The summed E-state index contributed by atoms with van der Waals surface area (Å²) in [5.41, 5.74) is -1.39. The first-order chi connectivity index (χ1) is 13.5. The number of non-ortho nitro benzene ring substituents is 1. The highest BCUT2D eigenvalue weighted by atomic mass is 16.6. The summed E-state index contributed by atoms with van der Waals surface area (Å²) < 4.78 is 6.13. The number of fused-ring (bicyclic) bond motifs is 2. The number of anilines is 1. The van der Waals surface area contributed by atoms with Crippen LogP contribution >= 0.6 is 0 Å². The minimum Gasteiger partial charge on any atom is -0.348 e. The topological polar surface area (TPSA) is 93.0 Å². The first-order valence-corrected chi connectivity index (χ1v) is 10.2. The second kappa shape index (κ2) is 6.52. The van der Waals surface area contributed by atoms with Crippen LogP contribution in [0.2, 0.25) is 0 Å². The molecule has 1 saturated heterocycles. The Balaban J connectivity index is 1.94. The summed E-state index contributed by atoms with van der Waals surface area (Å²) in [6, 6.07) is 3.41. The van der Waals surface area contributed by atoms with Gasteiger partial charge in [-0.25, -0.2) is 0 Å². The fourth-order valence-corrected chi connectivity index (χ4v) is 5.26. The van der Waals surface area contributed by atoms with Crippen molar-refractivity contribution < 1.29 is 19.2 Å². The Hall–Kier alpha value is -2.48. The van der Waals surface area contributed by atoms with Crippen molar-refractivity contribution in [2.75, 3.05) is 4.90 Å². The number of nitro benzene ring substituents is 1. The third-order valence-corrected chi connectivity index (χ3v) is 6.32. The van der Waals surface area contributed by atoms with Gasteiger partial charge in [-0.1, -0.05) is 19.3 Å². The molecule has 0 spiro atoms. The number of hydrogen-bond acceptors (Lipinski definition) is 5. The van der Waals surface area contributed by atoms with Crippen LogP contribution in [0.15, 0.2) is 18.2 Å². The fourth-order valence-electron chi connectivity index (χ4n) is 5.26. The van der Waals surface area contributed by atoms with Gasteiger partial charge in [0.2, 0.25) is 0 Å². The van der Waals surface area contributed by atoms with Crippen LogP contribution in [0.25, 0.3) is 0 Å². The number of rotatable bonds is 2. The van der Waals surface area contributed by atoms with Crippen LogP contribution < -0.4 is 4.90 Å². The van der Waals surface area contributed by atoms with Crippen molar-refractivity contribution in [1.82, 2.24) is 4.90 Å². The Morgan fingerprint density at radius 1 is 1.10 bits per heavy atom. The minimum atomic E-state index is -1.01. The maximum absolute atomic E-state index is 13.9. The summed E-state index contributed by atoms with van der Waals surface area (Å²) in [6.45, 7) is 7.16. The van der Waals surface area contributed by atoms with E-state index in [-0.39, 0.29) is 23.2 Å². The first kappa shape index (κ1) is 19.8. The molecule has 29 heavy (non-hydrogen) atoms. The van der Waals surface area contributed by atoms with Crippen molar-refractivity contribution in [2.24, 2.45) is 0 Å². The molecule has 1 aromatic carbocycles. The van der Waals surface area contributed by atoms with Gasteiger partial charge in [0.15, 0.2) is 0 Å². The maximum atomic E-state index is 13.9. The molecule has 0 N–H and O–H groups in total. The average molecular weight is 401 g/mol. The number of carbonyl (C=O) groups is 2. The van der Waals surface area contributed by atoms with Gasteiger partial charge >= 0.3 is 0 Å². The third kappa shape index (κ3) is 3.01. The van der Waals surface area contributed by atoms with Crippen LogP contribution in [-0.2, 0) is 9.53 Å². The van der Waals surface area contributed by atoms with E-state index >= 15 is 0 Å².